The van der Waals surface area contributed by atoms with Gasteiger partial charge in [0.2, 0.25) is 0 Å². The van der Waals surface area contributed by atoms with Crippen molar-refractivity contribution in [2.45, 2.75) is 6.61 Å². The van der Waals surface area contributed by atoms with Crippen LogP contribution in [0.2, 0.25) is 5.02 Å². The van der Waals surface area contributed by atoms with Gasteiger partial charge >= 0.3 is 0 Å². The summed E-state index contributed by atoms with van der Waals surface area (Å²) in [6.45, 7) is 0.412. The molecule has 0 aliphatic rings. The third kappa shape index (κ3) is 3.02. The smallest absolute Gasteiger partial charge is 0.128 e. The SMILES string of the molecule is NN=Cc1ccccc1OCc1ccccc1Cl. The van der Waals surface area contributed by atoms with Crippen molar-refractivity contribution in [2.75, 3.05) is 0 Å². The van der Waals surface area contributed by atoms with Gasteiger partial charge in [-0.15, -0.1) is 0 Å². The molecule has 0 saturated heterocycles. The fraction of sp³-hybridized carbons (Fsp3) is 0.0714. The number of hydrogen-bond acceptors (Lipinski definition) is 3. The van der Waals surface area contributed by atoms with Gasteiger partial charge in [0.25, 0.3) is 0 Å². The minimum absolute atomic E-state index is 0.412. The molecule has 92 valence electrons. The number of benzene rings is 2. The van der Waals surface area contributed by atoms with E-state index >= 15 is 0 Å². The second kappa shape index (κ2) is 6.07. The number of ether oxygens (including phenoxy) is 1. The highest BCUT2D eigenvalue weighted by Crippen LogP contribution is 2.20. The maximum Gasteiger partial charge on any atom is 0.128 e. The molecular formula is C14H13ClN2O. The summed E-state index contributed by atoms with van der Waals surface area (Å²) < 4.78 is 5.73. The lowest BCUT2D eigenvalue weighted by atomic mass is 10.2. The van der Waals surface area contributed by atoms with E-state index in [-0.39, 0.29) is 0 Å². The average molecular weight is 261 g/mol. The first-order valence-electron chi connectivity index (χ1n) is 5.50. The maximum atomic E-state index is 6.07. The van der Waals surface area contributed by atoms with Gasteiger partial charge in [-0.05, 0) is 18.2 Å². The van der Waals surface area contributed by atoms with Crippen LogP contribution in [0, 0.1) is 0 Å². The van der Waals surface area contributed by atoms with Gasteiger partial charge in [0.1, 0.15) is 12.4 Å². The Bertz CT molecular complexity index is 555. The third-order valence-corrected chi connectivity index (χ3v) is 2.84. The van der Waals surface area contributed by atoms with Gasteiger partial charge in [-0.2, -0.15) is 5.10 Å². The Hall–Kier alpha value is -2.00. The Morgan fingerprint density at radius 1 is 1.11 bits per heavy atom. The third-order valence-electron chi connectivity index (χ3n) is 2.47. The van der Waals surface area contributed by atoms with Gasteiger partial charge in [-0.3, -0.25) is 0 Å². The summed E-state index contributed by atoms with van der Waals surface area (Å²) in [6, 6.07) is 15.1. The number of hydrazone groups is 1. The molecule has 2 aromatic rings. The summed E-state index contributed by atoms with van der Waals surface area (Å²) in [5.74, 6) is 5.88. The summed E-state index contributed by atoms with van der Waals surface area (Å²) in [6.07, 6.45) is 1.56. The molecule has 0 amide bonds. The van der Waals surface area contributed by atoms with Gasteiger partial charge in [0.15, 0.2) is 0 Å². The predicted molar refractivity (Wildman–Crippen MR) is 74.0 cm³/mol. The van der Waals surface area contributed by atoms with Crippen molar-refractivity contribution < 1.29 is 4.74 Å². The van der Waals surface area contributed by atoms with Crippen LogP contribution < -0.4 is 10.6 Å². The molecule has 4 heteroatoms. The normalized spacial score (nSPS) is 10.7. The lowest BCUT2D eigenvalue weighted by Gasteiger charge is -2.09. The molecule has 0 aliphatic heterocycles. The first-order valence-corrected chi connectivity index (χ1v) is 5.87. The first-order chi connectivity index (χ1) is 8.81. The van der Waals surface area contributed by atoms with Crippen molar-refractivity contribution in [2.24, 2.45) is 10.9 Å². The van der Waals surface area contributed by atoms with Crippen molar-refractivity contribution in [3.05, 3.63) is 64.7 Å². The molecule has 0 bridgehead atoms. The summed E-state index contributed by atoms with van der Waals surface area (Å²) in [5.41, 5.74) is 1.78. The van der Waals surface area contributed by atoms with Crippen LogP contribution in [0.3, 0.4) is 0 Å². The van der Waals surface area contributed by atoms with Crippen molar-refractivity contribution in [1.82, 2.24) is 0 Å². The van der Waals surface area contributed by atoms with E-state index in [2.05, 4.69) is 5.10 Å². The van der Waals surface area contributed by atoms with Crippen LogP contribution in [0.15, 0.2) is 53.6 Å². The molecule has 18 heavy (non-hydrogen) atoms. The second-order valence-corrected chi connectivity index (χ2v) is 4.10. The fourth-order valence-electron chi connectivity index (χ4n) is 1.57. The molecule has 0 atom stereocenters. The highest BCUT2D eigenvalue weighted by atomic mass is 35.5. The molecule has 0 heterocycles. The first kappa shape index (κ1) is 12.5. The number of halogens is 1. The highest BCUT2D eigenvalue weighted by molar-refractivity contribution is 6.31. The monoisotopic (exact) mass is 260 g/mol. The van der Waals surface area contributed by atoms with E-state index in [9.17, 15) is 0 Å². The quantitative estimate of drug-likeness (QED) is 0.521. The molecule has 0 spiro atoms. The van der Waals surface area contributed by atoms with Crippen molar-refractivity contribution >= 4 is 17.8 Å². The van der Waals surface area contributed by atoms with Crippen LogP contribution in [0.25, 0.3) is 0 Å². The zero-order valence-corrected chi connectivity index (χ0v) is 10.5. The van der Waals surface area contributed by atoms with Crippen molar-refractivity contribution in [3.63, 3.8) is 0 Å². The van der Waals surface area contributed by atoms with E-state index in [4.69, 9.17) is 22.2 Å². The molecule has 2 rings (SSSR count). The fourth-order valence-corrected chi connectivity index (χ4v) is 1.76. The Morgan fingerprint density at radius 2 is 1.83 bits per heavy atom. The number of para-hydroxylation sites is 1. The lowest BCUT2D eigenvalue weighted by molar-refractivity contribution is 0.306. The molecule has 2 N–H and O–H groups in total. The van der Waals surface area contributed by atoms with Crippen molar-refractivity contribution in [1.29, 1.82) is 0 Å². The molecule has 0 aliphatic carbocycles. The number of nitrogens with zero attached hydrogens (tertiary/aromatic N) is 1. The van der Waals surface area contributed by atoms with E-state index in [1.807, 2.05) is 48.5 Å². The van der Waals surface area contributed by atoms with Gasteiger partial charge in [-0.1, -0.05) is 41.9 Å². The molecule has 2 aromatic carbocycles. The van der Waals surface area contributed by atoms with E-state index in [0.717, 1.165) is 16.9 Å². The molecule has 0 radical (unpaired) electrons. The van der Waals surface area contributed by atoms with Crippen molar-refractivity contribution in [3.8, 4) is 5.75 Å². The van der Waals surface area contributed by atoms with Crippen LogP contribution in [0.4, 0.5) is 0 Å². The minimum atomic E-state index is 0.412. The molecule has 0 unspecified atom stereocenters. The van der Waals surface area contributed by atoms with Gasteiger partial charge < -0.3 is 10.6 Å². The Morgan fingerprint density at radius 3 is 2.61 bits per heavy atom. The summed E-state index contributed by atoms with van der Waals surface area (Å²) in [4.78, 5) is 0. The topological polar surface area (TPSA) is 47.6 Å². The number of nitrogens with two attached hydrogens (primary N) is 1. The zero-order chi connectivity index (χ0) is 12.8. The number of rotatable bonds is 4. The molecule has 0 saturated carbocycles. The number of hydrogen-bond donors (Lipinski definition) is 1. The molecule has 0 aromatic heterocycles. The second-order valence-electron chi connectivity index (χ2n) is 3.70. The van der Waals surface area contributed by atoms with E-state index in [0.29, 0.717) is 11.6 Å². The maximum absolute atomic E-state index is 6.07. The van der Waals surface area contributed by atoms with Crippen LogP contribution >= 0.6 is 11.6 Å². The van der Waals surface area contributed by atoms with Crippen LogP contribution in [0.5, 0.6) is 5.75 Å². The molecule has 3 nitrogen and oxygen atoms in total. The van der Waals surface area contributed by atoms with Crippen LogP contribution in [-0.4, -0.2) is 6.21 Å². The zero-order valence-electron chi connectivity index (χ0n) is 9.71. The lowest BCUT2D eigenvalue weighted by Crippen LogP contribution is -1.99. The summed E-state index contributed by atoms with van der Waals surface area (Å²) in [7, 11) is 0. The Kier molecular flexibility index (Phi) is 4.20. The molecular weight excluding hydrogens is 248 g/mol. The Balaban J connectivity index is 2.13. The Labute approximate surface area is 111 Å². The molecule has 0 fully saturated rings. The van der Waals surface area contributed by atoms with E-state index in [1.165, 1.54) is 0 Å². The van der Waals surface area contributed by atoms with E-state index < -0.39 is 0 Å². The van der Waals surface area contributed by atoms with Crippen LogP contribution in [-0.2, 0) is 6.61 Å². The van der Waals surface area contributed by atoms with Gasteiger partial charge in [-0.25, -0.2) is 0 Å². The van der Waals surface area contributed by atoms with Crippen LogP contribution in [0.1, 0.15) is 11.1 Å². The highest BCUT2D eigenvalue weighted by Gasteiger charge is 2.03. The average Bonchev–Trinajstić information content (AvgIpc) is 2.40. The van der Waals surface area contributed by atoms with E-state index in [1.54, 1.807) is 6.21 Å². The predicted octanol–water partition coefficient (Wildman–Crippen LogP) is 3.21. The van der Waals surface area contributed by atoms with Gasteiger partial charge in [0.05, 0.1) is 6.21 Å². The van der Waals surface area contributed by atoms with Gasteiger partial charge in [0, 0.05) is 16.1 Å². The summed E-state index contributed by atoms with van der Waals surface area (Å²) >= 11 is 6.07. The summed E-state index contributed by atoms with van der Waals surface area (Å²) in [5, 5.41) is 4.20. The standard InChI is InChI=1S/C14H13ClN2O/c15-13-7-3-1-6-12(13)10-18-14-8-4-2-5-11(14)9-17-16/h1-9H,10,16H2. The minimum Gasteiger partial charge on any atom is -0.488 e. The largest absolute Gasteiger partial charge is 0.488 e.